The minimum atomic E-state index is -3.78. The summed E-state index contributed by atoms with van der Waals surface area (Å²) in [5.74, 6) is 0. The molecule has 0 aromatic carbocycles. The zero-order valence-electron chi connectivity index (χ0n) is 7.55. The van der Waals surface area contributed by atoms with Gasteiger partial charge in [-0.05, 0) is 0 Å². The normalized spacial score (nSPS) is 12.7. The number of halogens is 2. The molecular formula is C6H9F2N3O2S. The van der Waals surface area contributed by atoms with Crippen molar-refractivity contribution >= 4 is 10.2 Å². The molecule has 0 aliphatic carbocycles. The van der Waals surface area contributed by atoms with Crippen LogP contribution in [-0.4, -0.2) is 36.0 Å². The van der Waals surface area contributed by atoms with Gasteiger partial charge in [-0.15, -0.1) is 0 Å². The first kappa shape index (κ1) is 11.1. The third kappa shape index (κ3) is 1.90. The lowest BCUT2D eigenvalue weighted by Crippen LogP contribution is -2.29. The first-order valence-corrected chi connectivity index (χ1v) is 5.01. The summed E-state index contributed by atoms with van der Waals surface area (Å²) in [6.07, 6.45) is -1.10. The highest BCUT2D eigenvalue weighted by Crippen LogP contribution is 2.17. The Labute approximate surface area is 80.1 Å². The van der Waals surface area contributed by atoms with Crippen LogP contribution < -0.4 is 0 Å². The monoisotopic (exact) mass is 225 g/mol. The zero-order valence-corrected chi connectivity index (χ0v) is 8.37. The summed E-state index contributed by atoms with van der Waals surface area (Å²) in [6.45, 7) is 0. The largest absolute Gasteiger partial charge is 0.322 e. The van der Waals surface area contributed by atoms with E-state index in [2.05, 4.69) is 5.10 Å². The molecule has 0 fully saturated rings. The van der Waals surface area contributed by atoms with E-state index in [9.17, 15) is 17.2 Å². The molecule has 0 N–H and O–H groups in total. The average Bonchev–Trinajstić information content (AvgIpc) is 2.51. The van der Waals surface area contributed by atoms with Crippen molar-refractivity contribution in [2.45, 2.75) is 6.43 Å². The molecule has 0 amide bonds. The van der Waals surface area contributed by atoms with Gasteiger partial charge in [0.1, 0.15) is 0 Å². The van der Waals surface area contributed by atoms with Crippen LogP contribution in [0, 0.1) is 0 Å². The Hall–Kier alpha value is -1.02. The van der Waals surface area contributed by atoms with Gasteiger partial charge in [-0.25, -0.2) is 8.78 Å². The van der Waals surface area contributed by atoms with Gasteiger partial charge in [0, 0.05) is 14.1 Å². The molecule has 14 heavy (non-hydrogen) atoms. The lowest BCUT2D eigenvalue weighted by molar-refractivity contribution is 0.151. The van der Waals surface area contributed by atoms with Crippen LogP contribution in [0.4, 0.5) is 8.78 Å². The van der Waals surface area contributed by atoms with Gasteiger partial charge in [0.15, 0.2) is 0 Å². The van der Waals surface area contributed by atoms with Crippen LogP contribution in [0.3, 0.4) is 0 Å². The Morgan fingerprint density at radius 1 is 1.50 bits per heavy atom. The molecular weight excluding hydrogens is 216 g/mol. The molecule has 0 aliphatic heterocycles. The van der Waals surface area contributed by atoms with Crippen molar-refractivity contribution in [3.05, 3.63) is 18.0 Å². The van der Waals surface area contributed by atoms with Crippen LogP contribution in [-0.2, 0) is 10.2 Å². The lowest BCUT2D eigenvalue weighted by Gasteiger charge is -2.09. The molecule has 0 radical (unpaired) electrons. The van der Waals surface area contributed by atoms with E-state index in [-0.39, 0.29) is 0 Å². The molecule has 0 atom stereocenters. The molecule has 0 saturated carbocycles. The first-order chi connectivity index (χ1) is 6.35. The first-order valence-electron chi connectivity index (χ1n) is 3.61. The van der Waals surface area contributed by atoms with Gasteiger partial charge in [0.25, 0.3) is 6.43 Å². The molecule has 1 aromatic heterocycles. The standard InChI is InChI=1S/C6H9F2N3O2S/c1-10(2)14(12,13)11-4-5(3-9-11)6(7)8/h3-4,6H,1-2H3. The van der Waals surface area contributed by atoms with Crippen molar-refractivity contribution in [3.8, 4) is 0 Å². The van der Waals surface area contributed by atoms with E-state index in [0.717, 1.165) is 16.7 Å². The third-order valence-electron chi connectivity index (χ3n) is 1.53. The van der Waals surface area contributed by atoms with E-state index in [1.54, 1.807) is 0 Å². The maximum atomic E-state index is 12.1. The van der Waals surface area contributed by atoms with Crippen molar-refractivity contribution in [1.82, 2.24) is 13.5 Å². The minimum absolute atomic E-state index is 0.421. The van der Waals surface area contributed by atoms with E-state index in [0.29, 0.717) is 4.09 Å². The van der Waals surface area contributed by atoms with Gasteiger partial charge >= 0.3 is 10.2 Å². The number of hydrogen-bond donors (Lipinski definition) is 0. The van der Waals surface area contributed by atoms with Crippen LogP contribution in [0.25, 0.3) is 0 Å². The second-order valence-corrected chi connectivity index (χ2v) is 4.74. The van der Waals surface area contributed by atoms with Gasteiger partial charge in [-0.3, -0.25) is 0 Å². The van der Waals surface area contributed by atoms with Gasteiger partial charge in [0.2, 0.25) is 0 Å². The molecule has 0 aliphatic rings. The predicted octanol–water partition coefficient (Wildman–Crippen LogP) is 0.475. The number of alkyl halides is 2. The molecule has 0 saturated heterocycles. The van der Waals surface area contributed by atoms with Crippen LogP contribution >= 0.6 is 0 Å². The number of aromatic nitrogens is 2. The van der Waals surface area contributed by atoms with E-state index < -0.39 is 22.2 Å². The molecule has 1 rings (SSSR count). The second kappa shape index (κ2) is 3.62. The Bertz CT molecular complexity index is 412. The number of nitrogens with zero attached hydrogens (tertiary/aromatic N) is 3. The van der Waals surface area contributed by atoms with Crippen LogP contribution in [0.2, 0.25) is 0 Å². The molecule has 8 heteroatoms. The minimum Gasteiger partial charge on any atom is -0.205 e. The highest BCUT2D eigenvalue weighted by atomic mass is 32.2. The van der Waals surface area contributed by atoms with E-state index >= 15 is 0 Å². The summed E-state index contributed by atoms with van der Waals surface area (Å²) < 4.78 is 48.3. The quantitative estimate of drug-likeness (QED) is 0.751. The van der Waals surface area contributed by atoms with Crippen molar-refractivity contribution in [2.24, 2.45) is 0 Å². The van der Waals surface area contributed by atoms with Crippen LogP contribution in [0.5, 0.6) is 0 Å². The lowest BCUT2D eigenvalue weighted by atomic mass is 10.4. The molecule has 0 unspecified atom stereocenters. The molecule has 1 heterocycles. The Morgan fingerprint density at radius 3 is 2.43 bits per heavy atom. The smallest absolute Gasteiger partial charge is 0.205 e. The summed E-state index contributed by atoms with van der Waals surface area (Å²) in [6, 6.07) is 0. The highest BCUT2D eigenvalue weighted by Gasteiger charge is 2.19. The summed E-state index contributed by atoms with van der Waals surface area (Å²) in [7, 11) is -1.20. The fourth-order valence-electron chi connectivity index (χ4n) is 0.724. The third-order valence-corrected chi connectivity index (χ3v) is 3.13. The Balaban J connectivity index is 3.10. The second-order valence-electron chi connectivity index (χ2n) is 2.74. The molecule has 5 nitrogen and oxygen atoms in total. The maximum absolute atomic E-state index is 12.1. The van der Waals surface area contributed by atoms with E-state index in [4.69, 9.17) is 0 Å². The van der Waals surface area contributed by atoms with E-state index in [1.807, 2.05) is 0 Å². The average molecular weight is 225 g/mol. The zero-order chi connectivity index (χ0) is 10.9. The summed E-state index contributed by atoms with van der Waals surface area (Å²) in [4.78, 5) is 0. The fraction of sp³-hybridized carbons (Fsp3) is 0.500. The summed E-state index contributed by atoms with van der Waals surface area (Å²) >= 11 is 0. The van der Waals surface area contributed by atoms with Crippen molar-refractivity contribution in [3.63, 3.8) is 0 Å². The summed E-state index contributed by atoms with van der Waals surface area (Å²) in [5, 5.41) is 3.34. The number of hydrogen-bond acceptors (Lipinski definition) is 3. The number of rotatable bonds is 3. The highest BCUT2D eigenvalue weighted by molar-refractivity contribution is 7.87. The maximum Gasteiger partial charge on any atom is 0.322 e. The van der Waals surface area contributed by atoms with E-state index in [1.165, 1.54) is 14.1 Å². The van der Waals surface area contributed by atoms with Crippen LogP contribution in [0.1, 0.15) is 12.0 Å². The van der Waals surface area contributed by atoms with Crippen molar-refractivity contribution in [2.75, 3.05) is 14.1 Å². The Kier molecular flexibility index (Phi) is 2.86. The van der Waals surface area contributed by atoms with Crippen LogP contribution in [0.15, 0.2) is 12.4 Å². The van der Waals surface area contributed by atoms with Gasteiger partial charge < -0.3 is 0 Å². The Morgan fingerprint density at radius 2 is 2.07 bits per heavy atom. The van der Waals surface area contributed by atoms with Crippen molar-refractivity contribution in [1.29, 1.82) is 0 Å². The van der Waals surface area contributed by atoms with Crippen molar-refractivity contribution < 1.29 is 17.2 Å². The fourth-order valence-corrected chi connectivity index (χ4v) is 1.48. The SMILES string of the molecule is CN(C)S(=O)(=O)n1cc(C(F)F)cn1. The predicted molar refractivity (Wildman–Crippen MR) is 45.2 cm³/mol. The van der Waals surface area contributed by atoms with Gasteiger partial charge in [-0.2, -0.15) is 21.9 Å². The summed E-state index contributed by atoms with van der Waals surface area (Å²) in [5.41, 5.74) is -0.421. The molecule has 1 aromatic rings. The van der Waals surface area contributed by atoms with Gasteiger partial charge in [-0.1, -0.05) is 0 Å². The molecule has 80 valence electrons. The topological polar surface area (TPSA) is 55.2 Å². The van der Waals surface area contributed by atoms with Gasteiger partial charge in [0.05, 0.1) is 18.0 Å². The molecule has 0 spiro atoms. The molecule has 0 bridgehead atoms.